The van der Waals surface area contributed by atoms with Crippen LogP contribution in [0.5, 0.6) is 0 Å². The highest BCUT2D eigenvalue weighted by Gasteiger charge is 2.39. The van der Waals surface area contributed by atoms with Gasteiger partial charge in [-0.3, -0.25) is 9.59 Å². The van der Waals surface area contributed by atoms with Gasteiger partial charge < -0.3 is 28.4 Å². The average Bonchev–Trinajstić information content (AvgIpc) is 3.37. The summed E-state index contributed by atoms with van der Waals surface area (Å²) >= 11 is 4.28. The molecule has 41 heavy (non-hydrogen) atoms. The molecule has 1 rings (SSSR count). The number of halogens is 6. The molecule has 0 amide bonds. The first-order chi connectivity index (χ1) is 19.1. The van der Waals surface area contributed by atoms with E-state index in [1.165, 1.54) is 13.0 Å². The minimum atomic E-state index is -4.93. The summed E-state index contributed by atoms with van der Waals surface area (Å²) in [6.45, 7) is 7.70. The third-order valence-electron chi connectivity index (χ3n) is 3.85. The van der Waals surface area contributed by atoms with Crippen LogP contribution in [0.25, 0.3) is 0 Å². The smallest absolute Gasteiger partial charge is 0.462 e. The number of ketones is 1. The summed E-state index contributed by atoms with van der Waals surface area (Å²) in [5, 5.41) is 0. The number of carbonyl (C=O) groups is 3. The second-order valence-corrected chi connectivity index (χ2v) is 8.10. The van der Waals surface area contributed by atoms with Gasteiger partial charge in [-0.25, -0.2) is 4.79 Å². The van der Waals surface area contributed by atoms with Crippen molar-refractivity contribution in [2.24, 2.45) is 0 Å². The second kappa shape index (κ2) is 21.4. The Balaban J connectivity index is 0. The maximum absolute atomic E-state index is 12.9. The van der Waals surface area contributed by atoms with Gasteiger partial charge in [0, 0.05) is 26.4 Å². The third kappa shape index (κ3) is 17.3. The predicted molar refractivity (Wildman–Crippen MR) is 138 cm³/mol. The minimum Gasteiger partial charge on any atom is -0.468 e. The highest BCUT2D eigenvalue weighted by molar-refractivity contribution is 7.81. The van der Waals surface area contributed by atoms with Gasteiger partial charge in [-0.05, 0) is 45.6 Å². The molecule has 0 unspecified atom stereocenters. The van der Waals surface area contributed by atoms with Crippen molar-refractivity contribution in [3.63, 3.8) is 0 Å². The lowest BCUT2D eigenvalue weighted by molar-refractivity contribution is -0.164. The Morgan fingerprint density at radius 1 is 0.878 bits per heavy atom. The van der Waals surface area contributed by atoms with Crippen LogP contribution < -0.4 is 0 Å². The van der Waals surface area contributed by atoms with E-state index in [4.69, 9.17) is 18.9 Å². The summed E-state index contributed by atoms with van der Waals surface area (Å²) in [5.41, 5.74) is -1.03. The Bertz CT molecular complexity index is 967. The summed E-state index contributed by atoms with van der Waals surface area (Å²) < 4.78 is 103. The van der Waals surface area contributed by atoms with Gasteiger partial charge >= 0.3 is 30.1 Å². The van der Waals surface area contributed by atoms with Gasteiger partial charge in [-0.1, -0.05) is 0 Å². The molecule has 1 heterocycles. The fourth-order valence-electron chi connectivity index (χ4n) is 2.19. The molecule has 0 N–H and O–H groups in total. The lowest BCUT2D eigenvalue weighted by atomic mass is 10.2. The zero-order valence-electron chi connectivity index (χ0n) is 23.1. The van der Waals surface area contributed by atoms with Gasteiger partial charge in [0.15, 0.2) is 6.29 Å². The first-order valence-corrected chi connectivity index (χ1v) is 13.1. The molecule has 9 nitrogen and oxygen atoms in total. The first kappa shape index (κ1) is 40.8. The molecular weight excluding hydrogens is 610 g/mol. The summed E-state index contributed by atoms with van der Waals surface area (Å²) in [5.74, 6) is 0.130. The van der Waals surface area contributed by atoms with Crippen LogP contribution >= 0.6 is 24.0 Å². The number of methoxy groups -OCH3 is 2. The van der Waals surface area contributed by atoms with Crippen molar-refractivity contribution >= 4 is 41.7 Å². The topological polar surface area (TPSA) is 107 Å². The summed E-state index contributed by atoms with van der Waals surface area (Å²) in [6.07, 6.45) is -11.6. The van der Waals surface area contributed by atoms with Crippen molar-refractivity contribution in [2.45, 2.75) is 52.6 Å². The number of rotatable bonds is 11. The quantitative estimate of drug-likeness (QED) is 0.0867. The lowest BCUT2D eigenvalue weighted by Crippen LogP contribution is -2.22. The lowest BCUT2D eigenvalue weighted by Gasteiger charge is -2.14. The van der Waals surface area contributed by atoms with Crippen molar-refractivity contribution < 1.29 is 69.1 Å². The number of ether oxygens (including phenoxy) is 6. The van der Waals surface area contributed by atoms with E-state index in [0.29, 0.717) is 11.3 Å². The molecule has 0 aliphatic carbocycles. The van der Waals surface area contributed by atoms with E-state index >= 15 is 0 Å². The van der Waals surface area contributed by atoms with Crippen molar-refractivity contribution in [3.8, 4) is 11.8 Å². The number of hydrogen-bond acceptors (Lipinski definition) is 11. The van der Waals surface area contributed by atoms with E-state index in [-0.39, 0.29) is 43.0 Å². The zero-order chi connectivity index (χ0) is 32.2. The Labute approximate surface area is 243 Å². The van der Waals surface area contributed by atoms with Crippen molar-refractivity contribution in [2.75, 3.05) is 46.4 Å². The molecule has 0 aliphatic rings. The van der Waals surface area contributed by atoms with E-state index in [0.717, 1.165) is 13.2 Å². The van der Waals surface area contributed by atoms with Crippen LogP contribution in [0, 0.1) is 11.8 Å². The fraction of sp³-hybridized carbons (Fsp3) is 0.625. The van der Waals surface area contributed by atoms with Crippen LogP contribution in [0.3, 0.4) is 0 Å². The van der Waals surface area contributed by atoms with Crippen molar-refractivity contribution in [3.05, 3.63) is 21.4 Å². The summed E-state index contributed by atoms with van der Waals surface area (Å²) in [7, 11) is 2.36. The van der Waals surface area contributed by atoms with E-state index in [2.05, 4.69) is 22.1 Å². The number of carbonyl (C=O) groups excluding carboxylic acids is 3. The van der Waals surface area contributed by atoms with Gasteiger partial charge in [-0.2, -0.15) is 39.0 Å². The van der Waals surface area contributed by atoms with E-state index < -0.39 is 47.1 Å². The third-order valence-corrected chi connectivity index (χ3v) is 5.24. The van der Waals surface area contributed by atoms with Gasteiger partial charge in [0.1, 0.15) is 4.88 Å². The number of Topliss-reactive ketones (excluding diaryl/α,β-unsaturated/α-hetero) is 1. The Kier molecular flexibility index (Phi) is 21.2. The Morgan fingerprint density at radius 2 is 1.37 bits per heavy atom. The van der Waals surface area contributed by atoms with E-state index in [1.807, 2.05) is 5.92 Å². The molecule has 0 bridgehead atoms. The molecule has 236 valence electrons. The molecular formula is C24H32F6O9S2. The Morgan fingerprint density at radius 3 is 1.68 bits per heavy atom. The first-order valence-electron chi connectivity index (χ1n) is 11.6. The monoisotopic (exact) mass is 642 g/mol. The van der Waals surface area contributed by atoms with Gasteiger partial charge in [-0.15, -0.1) is 11.3 Å². The highest BCUT2D eigenvalue weighted by atomic mass is 32.1. The molecule has 0 aromatic carbocycles. The van der Waals surface area contributed by atoms with E-state index in [1.54, 1.807) is 27.7 Å². The number of hydrogen-bond donors (Lipinski definition) is 1. The molecule has 0 saturated carbocycles. The average molecular weight is 643 g/mol. The van der Waals surface area contributed by atoms with E-state index in [9.17, 15) is 40.7 Å². The van der Waals surface area contributed by atoms with Crippen molar-refractivity contribution in [1.82, 2.24) is 0 Å². The molecule has 0 saturated heterocycles. The zero-order valence-corrected chi connectivity index (χ0v) is 24.8. The normalized spacial score (nSPS) is 11.0. The number of esters is 2. The number of thiol groups is 1. The van der Waals surface area contributed by atoms with Gasteiger partial charge in [0.25, 0.3) is 0 Å². The number of thiophene rings is 1. The largest absolute Gasteiger partial charge is 0.468 e. The molecule has 17 heteroatoms. The van der Waals surface area contributed by atoms with Gasteiger partial charge in [0.2, 0.25) is 6.29 Å². The van der Waals surface area contributed by atoms with Gasteiger partial charge in [0.05, 0.1) is 30.4 Å². The standard InChI is InChI=1S/C12H15F3O4S.C9H11F3O3.C3H6O2S/c1-4-18-11(19-5-2)8-6-7(12(13,14)15)9(20-8)10(16)17-3;1-3-14-8(15-4-2)6-5-7(13)9(10,11)12;1-5-3(4)2-6/h6,11H,4-5H2,1-3H3;8H,3-4H2,1-2H3;6H,2H2,1H3. The number of alkyl halides is 6. The van der Waals surface area contributed by atoms with Crippen LogP contribution in [-0.4, -0.2) is 76.6 Å². The summed E-state index contributed by atoms with van der Waals surface area (Å²) in [6, 6.07) is 0.868. The molecule has 1 aromatic heterocycles. The maximum atomic E-state index is 12.9. The minimum absolute atomic E-state index is 0.163. The molecule has 0 atom stereocenters. The molecule has 0 fully saturated rings. The fourth-order valence-corrected chi connectivity index (χ4v) is 3.42. The molecule has 0 spiro atoms. The predicted octanol–water partition coefficient (Wildman–Crippen LogP) is 5.23. The van der Waals surface area contributed by atoms with Crippen LogP contribution in [0.2, 0.25) is 0 Å². The Hall–Kier alpha value is -2.36. The van der Waals surface area contributed by atoms with Crippen LogP contribution in [0.1, 0.15) is 54.1 Å². The molecule has 0 aliphatic heterocycles. The highest BCUT2D eigenvalue weighted by Crippen LogP contribution is 2.40. The SMILES string of the molecule is CCOC(C#CC(=O)C(F)(F)F)OCC.CCOC(OCC)c1cc(C(F)(F)F)c(C(=O)OC)s1.COC(=O)CS. The van der Waals surface area contributed by atoms with Crippen LogP contribution in [0.4, 0.5) is 26.3 Å². The van der Waals surface area contributed by atoms with Crippen LogP contribution in [0.15, 0.2) is 6.07 Å². The second-order valence-electron chi connectivity index (χ2n) is 6.70. The molecule has 0 radical (unpaired) electrons. The summed E-state index contributed by atoms with van der Waals surface area (Å²) in [4.78, 5) is 31.4. The van der Waals surface area contributed by atoms with Crippen LogP contribution in [-0.2, 0) is 44.2 Å². The maximum Gasteiger partial charge on any atom is 0.462 e. The molecule has 1 aromatic rings. The van der Waals surface area contributed by atoms with Crippen molar-refractivity contribution in [1.29, 1.82) is 0 Å².